The second-order valence-electron chi connectivity index (χ2n) is 4.51. The Morgan fingerprint density at radius 1 is 1.32 bits per heavy atom. The maximum Gasteiger partial charge on any atom is 0.266 e. The van der Waals surface area contributed by atoms with Gasteiger partial charge in [-0.3, -0.25) is 4.79 Å². The van der Waals surface area contributed by atoms with E-state index in [9.17, 15) is 17.6 Å². The number of aromatic nitrogens is 2. The molecule has 1 heterocycles. The van der Waals surface area contributed by atoms with E-state index in [2.05, 4.69) is 9.82 Å². The topological polar surface area (TPSA) is 81.1 Å². The molecule has 0 amide bonds. The number of hydrogen-bond donors (Lipinski definition) is 1. The van der Waals surface area contributed by atoms with E-state index in [1.54, 1.807) is 13.0 Å². The van der Waals surface area contributed by atoms with Gasteiger partial charge in [0.15, 0.2) is 0 Å². The van der Waals surface area contributed by atoms with Gasteiger partial charge in [-0.25, -0.2) is 22.2 Å². The molecular formula is C13H13ClFN3O3S. The van der Waals surface area contributed by atoms with Crippen molar-refractivity contribution < 1.29 is 12.8 Å². The zero-order valence-corrected chi connectivity index (χ0v) is 13.2. The van der Waals surface area contributed by atoms with Gasteiger partial charge in [-0.15, -0.1) is 0 Å². The highest BCUT2D eigenvalue weighted by molar-refractivity contribution is 7.89. The molecule has 0 atom stereocenters. The van der Waals surface area contributed by atoms with Crippen LogP contribution in [0.2, 0.25) is 5.02 Å². The lowest BCUT2D eigenvalue weighted by Gasteiger charge is -2.08. The van der Waals surface area contributed by atoms with Crippen molar-refractivity contribution in [2.75, 3.05) is 6.54 Å². The minimum atomic E-state index is -3.84. The van der Waals surface area contributed by atoms with Crippen LogP contribution in [0.25, 0.3) is 0 Å². The molecule has 0 saturated carbocycles. The molecule has 0 saturated heterocycles. The van der Waals surface area contributed by atoms with Crippen molar-refractivity contribution in [3.8, 4) is 0 Å². The number of nitrogens with one attached hydrogen (secondary N) is 1. The third-order valence-electron chi connectivity index (χ3n) is 2.82. The lowest BCUT2D eigenvalue weighted by atomic mass is 10.3. The first-order valence-electron chi connectivity index (χ1n) is 6.29. The first-order chi connectivity index (χ1) is 10.3. The third kappa shape index (κ3) is 3.90. The molecule has 9 heteroatoms. The zero-order chi connectivity index (χ0) is 16.3. The highest BCUT2D eigenvalue weighted by atomic mass is 35.5. The van der Waals surface area contributed by atoms with Gasteiger partial charge in [-0.05, 0) is 31.2 Å². The van der Waals surface area contributed by atoms with E-state index in [1.165, 1.54) is 6.07 Å². The Bertz CT molecular complexity index is 852. The Balaban J connectivity index is 2.08. The predicted octanol–water partition coefficient (Wildman–Crippen LogP) is 1.32. The number of aryl methyl sites for hydroxylation is 1. The molecule has 22 heavy (non-hydrogen) atoms. The van der Waals surface area contributed by atoms with Crippen LogP contribution in [0.3, 0.4) is 0 Å². The van der Waals surface area contributed by atoms with E-state index in [4.69, 9.17) is 11.6 Å². The standard InChI is InChI=1S/C13H13ClFN3O3S/c1-9-2-5-13(19)18(17-9)7-6-16-22(20,21)10-3-4-12(15)11(14)8-10/h2-5,8,16H,6-7H2,1H3. The molecule has 0 aliphatic rings. The Morgan fingerprint density at radius 2 is 2.05 bits per heavy atom. The number of hydrogen-bond acceptors (Lipinski definition) is 4. The summed E-state index contributed by atoms with van der Waals surface area (Å²) in [6, 6.07) is 6.04. The van der Waals surface area contributed by atoms with E-state index in [0.29, 0.717) is 5.69 Å². The van der Waals surface area contributed by atoms with Gasteiger partial charge in [0.1, 0.15) is 5.82 Å². The molecule has 6 nitrogen and oxygen atoms in total. The van der Waals surface area contributed by atoms with Crippen molar-refractivity contribution in [2.45, 2.75) is 18.4 Å². The van der Waals surface area contributed by atoms with Crippen molar-refractivity contribution in [2.24, 2.45) is 0 Å². The maximum atomic E-state index is 13.0. The summed E-state index contributed by atoms with van der Waals surface area (Å²) < 4.78 is 40.6. The average molecular weight is 346 g/mol. The van der Waals surface area contributed by atoms with Crippen LogP contribution in [-0.4, -0.2) is 24.7 Å². The smallest absolute Gasteiger partial charge is 0.266 e. The normalized spacial score (nSPS) is 11.6. The molecule has 1 aromatic heterocycles. The molecule has 2 rings (SSSR count). The van der Waals surface area contributed by atoms with Crippen molar-refractivity contribution in [3.63, 3.8) is 0 Å². The van der Waals surface area contributed by atoms with Gasteiger partial charge < -0.3 is 0 Å². The minimum Gasteiger partial charge on any atom is -0.268 e. The summed E-state index contributed by atoms with van der Waals surface area (Å²) in [5.74, 6) is -0.698. The van der Waals surface area contributed by atoms with Gasteiger partial charge in [-0.1, -0.05) is 11.6 Å². The minimum absolute atomic E-state index is 0.0340. The third-order valence-corrected chi connectivity index (χ3v) is 4.57. The monoisotopic (exact) mass is 345 g/mol. The summed E-state index contributed by atoms with van der Waals surface area (Å²) in [6.45, 7) is 1.77. The fraction of sp³-hybridized carbons (Fsp3) is 0.231. The molecule has 0 radical (unpaired) electrons. The Kier molecular flexibility index (Phi) is 4.94. The van der Waals surface area contributed by atoms with Crippen LogP contribution in [-0.2, 0) is 16.6 Å². The van der Waals surface area contributed by atoms with Crippen LogP contribution in [0.15, 0.2) is 40.0 Å². The molecule has 0 fully saturated rings. The van der Waals surface area contributed by atoms with Crippen molar-refractivity contribution >= 4 is 21.6 Å². The van der Waals surface area contributed by atoms with Crippen LogP contribution in [0.5, 0.6) is 0 Å². The van der Waals surface area contributed by atoms with Crippen molar-refractivity contribution in [1.29, 1.82) is 0 Å². The molecule has 2 aromatic rings. The number of nitrogens with zero attached hydrogens (tertiary/aromatic N) is 2. The Labute approximate surface area is 131 Å². The zero-order valence-electron chi connectivity index (χ0n) is 11.6. The van der Waals surface area contributed by atoms with Crippen LogP contribution >= 0.6 is 11.6 Å². The van der Waals surface area contributed by atoms with Crippen molar-refractivity contribution in [3.05, 3.63) is 57.2 Å². The van der Waals surface area contributed by atoms with Crippen LogP contribution in [0, 0.1) is 12.7 Å². The molecule has 1 N–H and O–H groups in total. The Morgan fingerprint density at radius 3 is 2.73 bits per heavy atom. The first kappa shape index (κ1) is 16.6. The molecule has 0 aliphatic carbocycles. The van der Waals surface area contributed by atoms with E-state index in [0.717, 1.165) is 22.9 Å². The highest BCUT2D eigenvalue weighted by Crippen LogP contribution is 2.19. The summed E-state index contributed by atoms with van der Waals surface area (Å²) in [7, 11) is -3.84. The van der Waals surface area contributed by atoms with Gasteiger partial charge in [-0.2, -0.15) is 5.10 Å². The number of sulfonamides is 1. The van der Waals surface area contributed by atoms with Gasteiger partial charge in [0.25, 0.3) is 5.56 Å². The lowest BCUT2D eigenvalue weighted by molar-refractivity contribution is 0.543. The summed E-state index contributed by atoms with van der Waals surface area (Å²) >= 11 is 5.57. The van der Waals surface area contributed by atoms with Gasteiger partial charge in [0.2, 0.25) is 10.0 Å². The van der Waals surface area contributed by atoms with Crippen LogP contribution < -0.4 is 10.3 Å². The molecule has 0 bridgehead atoms. The van der Waals surface area contributed by atoms with Gasteiger partial charge in [0, 0.05) is 12.6 Å². The molecule has 0 spiro atoms. The largest absolute Gasteiger partial charge is 0.268 e. The van der Waals surface area contributed by atoms with Gasteiger partial charge >= 0.3 is 0 Å². The molecule has 0 aliphatic heterocycles. The first-order valence-corrected chi connectivity index (χ1v) is 8.15. The average Bonchev–Trinajstić information content (AvgIpc) is 2.45. The lowest BCUT2D eigenvalue weighted by Crippen LogP contribution is -2.32. The molecular weight excluding hydrogens is 333 g/mol. The van der Waals surface area contributed by atoms with E-state index in [1.807, 2.05) is 0 Å². The number of halogens is 2. The van der Waals surface area contributed by atoms with Gasteiger partial charge in [0.05, 0.1) is 22.2 Å². The predicted molar refractivity (Wildman–Crippen MR) is 79.8 cm³/mol. The number of rotatable bonds is 5. The summed E-state index contributed by atoms with van der Waals surface area (Å²) in [5.41, 5.74) is 0.322. The second kappa shape index (κ2) is 6.55. The fourth-order valence-electron chi connectivity index (χ4n) is 1.72. The Hall–Kier alpha value is -1.77. The molecule has 1 aromatic carbocycles. The van der Waals surface area contributed by atoms with Crippen molar-refractivity contribution in [1.82, 2.24) is 14.5 Å². The fourth-order valence-corrected chi connectivity index (χ4v) is 3.02. The summed E-state index contributed by atoms with van der Waals surface area (Å²) in [6.07, 6.45) is 0. The molecule has 118 valence electrons. The maximum absolute atomic E-state index is 13.0. The van der Waals surface area contributed by atoms with E-state index >= 15 is 0 Å². The van der Waals surface area contributed by atoms with Crippen LogP contribution in [0.1, 0.15) is 5.69 Å². The number of benzene rings is 1. The summed E-state index contributed by atoms with van der Waals surface area (Å²) in [5, 5.41) is 3.71. The van der Waals surface area contributed by atoms with Crippen LogP contribution in [0.4, 0.5) is 4.39 Å². The quantitative estimate of drug-likeness (QED) is 0.886. The van der Waals surface area contributed by atoms with E-state index < -0.39 is 15.8 Å². The second-order valence-corrected chi connectivity index (χ2v) is 6.68. The molecule has 0 unspecified atom stereocenters. The highest BCUT2D eigenvalue weighted by Gasteiger charge is 2.15. The SMILES string of the molecule is Cc1ccc(=O)n(CCNS(=O)(=O)c2ccc(F)c(Cl)c2)n1. The van der Waals surface area contributed by atoms with E-state index in [-0.39, 0.29) is 28.6 Å². The summed E-state index contributed by atoms with van der Waals surface area (Å²) in [4.78, 5) is 11.4.